The van der Waals surface area contributed by atoms with E-state index in [-0.39, 0.29) is 16.2 Å². The second kappa shape index (κ2) is 6.15. The average molecular weight is 365 g/mol. The van der Waals surface area contributed by atoms with Gasteiger partial charge in [-0.25, -0.2) is 9.97 Å². The number of alkyl halides is 3. The summed E-state index contributed by atoms with van der Waals surface area (Å²) in [6.07, 6.45) is -6.83. The number of ether oxygens (including phenoxy) is 1. The van der Waals surface area contributed by atoms with Crippen LogP contribution in [0.15, 0.2) is 17.4 Å². The Labute approximate surface area is 138 Å². The lowest BCUT2D eigenvalue weighted by atomic mass is 10.1. The van der Waals surface area contributed by atoms with Crippen molar-refractivity contribution in [3.05, 3.63) is 18.0 Å². The van der Waals surface area contributed by atoms with E-state index in [9.17, 15) is 23.4 Å². The third-order valence-electron chi connectivity index (χ3n) is 3.79. The molecule has 0 amide bonds. The summed E-state index contributed by atoms with van der Waals surface area (Å²) < 4.78 is 46.2. The molecule has 0 unspecified atom stereocenters. The number of thioether (sulfide) groups is 1. The first-order chi connectivity index (χ1) is 11.3. The van der Waals surface area contributed by atoms with Crippen LogP contribution in [0, 0.1) is 0 Å². The largest absolute Gasteiger partial charge is 0.434 e. The van der Waals surface area contributed by atoms with Crippen molar-refractivity contribution in [1.29, 1.82) is 0 Å². The predicted molar refractivity (Wildman–Crippen MR) is 77.3 cm³/mol. The maximum absolute atomic E-state index is 13.2. The monoisotopic (exact) mass is 365 g/mol. The lowest BCUT2D eigenvalue weighted by Gasteiger charge is -2.18. The van der Waals surface area contributed by atoms with Gasteiger partial charge in [0.15, 0.2) is 17.1 Å². The van der Waals surface area contributed by atoms with Crippen LogP contribution in [0.3, 0.4) is 0 Å². The van der Waals surface area contributed by atoms with Crippen molar-refractivity contribution in [3.8, 4) is 0 Å². The van der Waals surface area contributed by atoms with E-state index in [0.29, 0.717) is 0 Å². The molecule has 1 saturated heterocycles. The summed E-state index contributed by atoms with van der Waals surface area (Å²) in [5, 5.41) is 28.7. The van der Waals surface area contributed by atoms with E-state index in [1.165, 1.54) is 16.8 Å². The Balaban J connectivity index is 2.14. The molecule has 4 atom stereocenters. The van der Waals surface area contributed by atoms with E-state index in [4.69, 9.17) is 9.84 Å². The molecule has 1 fully saturated rings. The third kappa shape index (κ3) is 2.75. The molecule has 0 aromatic carbocycles. The van der Waals surface area contributed by atoms with Crippen LogP contribution in [0.25, 0.3) is 11.0 Å². The molecule has 0 aliphatic carbocycles. The number of hydrogen-bond donors (Lipinski definition) is 3. The molecule has 3 rings (SSSR count). The molecule has 24 heavy (non-hydrogen) atoms. The second-order valence-corrected chi connectivity index (χ2v) is 6.02. The Morgan fingerprint density at radius 3 is 2.54 bits per heavy atom. The summed E-state index contributed by atoms with van der Waals surface area (Å²) in [7, 11) is 0. The molecule has 0 radical (unpaired) electrons. The van der Waals surface area contributed by atoms with Crippen LogP contribution in [0.4, 0.5) is 13.2 Å². The van der Waals surface area contributed by atoms with Gasteiger partial charge in [-0.3, -0.25) is 0 Å². The molecule has 1 aliphatic rings. The van der Waals surface area contributed by atoms with Crippen LogP contribution in [-0.2, 0) is 10.9 Å². The minimum Gasteiger partial charge on any atom is -0.394 e. The number of halogens is 3. The lowest BCUT2D eigenvalue weighted by Crippen LogP contribution is -2.33. The number of fused-ring (bicyclic) bond motifs is 1. The molecular weight excluding hydrogens is 351 g/mol. The quantitative estimate of drug-likeness (QED) is 0.546. The van der Waals surface area contributed by atoms with Crippen molar-refractivity contribution in [3.63, 3.8) is 0 Å². The molecular formula is C13H14F3N3O4S. The molecule has 11 heteroatoms. The highest BCUT2D eigenvalue weighted by Gasteiger charge is 2.44. The summed E-state index contributed by atoms with van der Waals surface area (Å²) in [6, 6.07) is 1.18. The maximum atomic E-state index is 13.2. The Hall–Kier alpha value is -1.40. The van der Waals surface area contributed by atoms with Gasteiger partial charge in [-0.05, 0) is 12.3 Å². The van der Waals surface area contributed by atoms with Crippen molar-refractivity contribution in [2.45, 2.75) is 35.9 Å². The zero-order valence-corrected chi connectivity index (χ0v) is 13.1. The van der Waals surface area contributed by atoms with Crippen LogP contribution in [0.5, 0.6) is 0 Å². The van der Waals surface area contributed by atoms with Crippen molar-refractivity contribution in [2.75, 3.05) is 12.9 Å². The molecule has 0 bridgehead atoms. The fraction of sp³-hybridized carbons (Fsp3) is 0.538. The summed E-state index contributed by atoms with van der Waals surface area (Å²) in [5.74, 6) is 0. The minimum absolute atomic E-state index is 0.0727. The van der Waals surface area contributed by atoms with E-state index in [1.54, 1.807) is 6.26 Å². The predicted octanol–water partition coefficient (Wildman–Crippen LogP) is 0.783. The molecule has 2 aromatic rings. The van der Waals surface area contributed by atoms with Crippen LogP contribution < -0.4 is 0 Å². The fourth-order valence-corrected chi connectivity index (χ4v) is 3.00. The number of nitrogens with zero attached hydrogens (tertiary/aromatic N) is 3. The van der Waals surface area contributed by atoms with E-state index in [2.05, 4.69) is 9.97 Å². The van der Waals surface area contributed by atoms with Crippen LogP contribution in [-0.4, -0.2) is 61.0 Å². The molecule has 0 saturated carbocycles. The Bertz CT molecular complexity index is 754. The Morgan fingerprint density at radius 1 is 1.29 bits per heavy atom. The number of rotatable bonds is 3. The molecule has 7 nitrogen and oxygen atoms in total. The van der Waals surface area contributed by atoms with Gasteiger partial charge in [0, 0.05) is 11.6 Å². The topological polar surface area (TPSA) is 101 Å². The highest BCUT2D eigenvalue weighted by molar-refractivity contribution is 7.98. The molecule has 3 heterocycles. The Morgan fingerprint density at radius 2 is 2.00 bits per heavy atom. The average Bonchev–Trinajstić information content (AvgIpc) is 3.07. The van der Waals surface area contributed by atoms with Gasteiger partial charge in [-0.1, -0.05) is 11.8 Å². The van der Waals surface area contributed by atoms with E-state index in [0.717, 1.165) is 11.8 Å². The summed E-state index contributed by atoms with van der Waals surface area (Å²) in [6.45, 7) is -0.535. The van der Waals surface area contributed by atoms with Gasteiger partial charge in [-0.15, -0.1) is 0 Å². The lowest BCUT2D eigenvalue weighted by molar-refractivity contribution is -0.140. The highest BCUT2D eigenvalue weighted by Crippen LogP contribution is 2.37. The number of aromatic nitrogens is 3. The maximum Gasteiger partial charge on any atom is 0.434 e. The first kappa shape index (κ1) is 17.4. The van der Waals surface area contributed by atoms with Crippen molar-refractivity contribution in [2.24, 2.45) is 0 Å². The second-order valence-electron chi connectivity index (χ2n) is 5.25. The van der Waals surface area contributed by atoms with Crippen molar-refractivity contribution >= 4 is 22.8 Å². The smallest absolute Gasteiger partial charge is 0.394 e. The van der Waals surface area contributed by atoms with Gasteiger partial charge < -0.3 is 24.6 Å². The Kier molecular flexibility index (Phi) is 4.47. The molecule has 0 spiro atoms. The van der Waals surface area contributed by atoms with Gasteiger partial charge in [0.25, 0.3) is 0 Å². The normalized spacial score (nSPS) is 28.0. The van der Waals surface area contributed by atoms with Gasteiger partial charge in [0.2, 0.25) is 0 Å². The third-order valence-corrected chi connectivity index (χ3v) is 4.34. The van der Waals surface area contributed by atoms with Gasteiger partial charge in [0.1, 0.15) is 24.0 Å². The van der Waals surface area contributed by atoms with Crippen LogP contribution in [0.1, 0.15) is 11.9 Å². The van der Waals surface area contributed by atoms with Gasteiger partial charge >= 0.3 is 6.18 Å². The highest BCUT2D eigenvalue weighted by atomic mass is 32.2. The number of aliphatic hydroxyl groups is 3. The molecule has 2 aromatic heterocycles. The first-order valence-electron chi connectivity index (χ1n) is 6.90. The standard InChI is InChI=1S/C13H14F3N3O4S/c1-24-12-17-9(13(14,15)16)5-2-3-19(10(5)18-12)11-8(22)7(21)6(4-20)23-11/h2-3,6-8,11,20-22H,4H2,1H3/t6-,7-,8-,11-/m1/s1. The summed E-state index contributed by atoms with van der Waals surface area (Å²) in [4.78, 5) is 7.58. The van der Waals surface area contributed by atoms with Gasteiger partial charge in [-0.2, -0.15) is 13.2 Å². The van der Waals surface area contributed by atoms with Crippen LogP contribution >= 0.6 is 11.8 Å². The molecule has 3 N–H and O–H groups in total. The summed E-state index contributed by atoms with van der Waals surface area (Å²) in [5.41, 5.74) is -1.15. The zero-order valence-electron chi connectivity index (χ0n) is 12.3. The minimum atomic E-state index is -4.67. The molecule has 132 valence electrons. The number of aliphatic hydroxyl groups excluding tert-OH is 3. The fourth-order valence-electron chi connectivity index (χ4n) is 2.64. The zero-order chi connectivity index (χ0) is 17.6. The first-order valence-corrected chi connectivity index (χ1v) is 8.12. The van der Waals surface area contributed by atoms with Crippen molar-refractivity contribution < 1.29 is 33.2 Å². The SMILES string of the molecule is CSc1nc(C(F)(F)F)c2ccn([C@@H]3O[C@H](CO)[C@@H](O)[C@H]3O)c2n1. The summed E-state index contributed by atoms with van der Waals surface area (Å²) >= 11 is 0.947. The van der Waals surface area contributed by atoms with Crippen molar-refractivity contribution in [1.82, 2.24) is 14.5 Å². The van der Waals surface area contributed by atoms with Crippen LogP contribution in [0.2, 0.25) is 0 Å². The van der Waals surface area contributed by atoms with E-state index >= 15 is 0 Å². The number of hydrogen-bond acceptors (Lipinski definition) is 7. The van der Waals surface area contributed by atoms with E-state index in [1.807, 2.05) is 0 Å². The van der Waals surface area contributed by atoms with Gasteiger partial charge in [0.05, 0.1) is 6.61 Å². The van der Waals surface area contributed by atoms with E-state index < -0.39 is 43.0 Å². The molecule has 1 aliphatic heterocycles.